The summed E-state index contributed by atoms with van der Waals surface area (Å²) >= 11 is 1.54. The standard InChI is InChI=1S/C7H6N4S/c1-12-7-5-6(10-4-11-7)9-3-2-8-5/h2-4H,1H3. The monoisotopic (exact) mass is 178 g/mol. The molecular formula is C7H6N4S. The topological polar surface area (TPSA) is 51.6 Å². The molecule has 0 spiro atoms. The first kappa shape index (κ1) is 7.42. The van der Waals surface area contributed by atoms with Gasteiger partial charge < -0.3 is 0 Å². The normalized spacial score (nSPS) is 10.4. The molecule has 0 saturated carbocycles. The van der Waals surface area contributed by atoms with Crippen LogP contribution in [0.4, 0.5) is 0 Å². The van der Waals surface area contributed by atoms with Crippen LogP contribution in [0.25, 0.3) is 11.2 Å². The van der Waals surface area contributed by atoms with Gasteiger partial charge in [0.05, 0.1) is 0 Å². The van der Waals surface area contributed by atoms with Gasteiger partial charge >= 0.3 is 0 Å². The van der Waals surface area contributed by atoms with Gasteiger partial charge in [-0.1, -0.05) is 0 Å². The van der Waals surface area contributed by atoms with Crippen LogP contribution in [0.1, 0.15) is 0 Å². The van der Waals surface area contributed by atoms with Crippen LogP contribution in [-0.2, 0) is 0 Å². The van der Waals surface area contributed by atoms with Crippen LogP contribution < -0.4 is 0 Å². The van der Waals surface area contributed by atoms with Crippen molar-refractivity contribution < 1.29 is 0 Å². The lowest BCUT2D eigenvalue weighted by Crippen LogP contribution is -1.90. The van der Waals surface area contributed by atoms with E-state index in [1.165, 1.54) is 6.33 Å². The second-order valence-electron chi connectivity index (χ2n) is 2.11. The van der Waals surface area contributed by atoms with E-state index in [4.69, 9.17) is 0 Å². The first-order chi connectivity index (χ1) is 5.92. The van der Waals surface area contributed by atoms with E-state index in [0.29, 0.717) is 5.65 Å². The van der Waals surface area contributed by atoms with Gasteiger partial charge in [0.15, 0.2) is 5.65 Å². The fraction of sp³-hybridized carbons (Fsp3) is 0.143. The van der Waals surface area contributed by atoms with Crippen molar-refractivity contribution >= 4 is 22.9 Å². The van der Waals surface area contributed by atoms with Crippen molar-refractivity contribution in [2.45, 2.75) is 5.03 Å². The summed E-state index contributed by atoms with van der Waals surface area (Å²) in [4.78, 5) is 16.3. The highest BCUT2D eigenvalue weighted by molar-refractivity contribution is 7.98. The fourth-order valence-electron chi connectivity index (χ4n) is 0.923. The van der Waals surface area contributed by atoms with E-state index < -0.39 is 0 Å². The van der Waals surface area contributed by atoms with Gasteiger partial charge in [-0.15, -0.1) is 11.8 Å². The van der Waals surface area contributed by atoms with Crippen LogP contribution in [0, 0.1) is 0 Å². The summed E-state index contributed by atoms with van der Waals surface area (Å²) in [7, 11) is 0. The van der Waals surface area contributed by atoms with Gasteiger partial charge in [-0.25, -0.2) is 19.9 Å². The summed E-state index contributed by atoms with van der Waals surface area (Å²) in [5.41, 5.74) is 1.42. The predicted octanol–water partition coefficient (Wildman–Crippen LogP) is 1.14. The van der Waals surface area contributed by atoms with Crippen LogP contribution in [-0.4, -0.2) is 26.2 Å². The van der Waals surface area contributed by atoms with Gasteiger partial charge in [-0.2, -0.15) is 0 Å². The van der Waals surface area contributed by atoms with Crippen molar-refractivity contribution in [3.8, 4) is 0 Å². The molecule has 4 nitrogen and oxygen atoms in total. The molecule has 0 bridgehead atoms. The lowest BCUT2D eigenvalue weighted by atomic mass is 10.5. The van der Waals surface area contributed by atoms with Crippen LogP contribution in [0.2, 0.25) is 0 Å². The van der Waals surface area contributed by atoms with E-state index in [1.807, 2.05) is 6.26 Å². The van der Waals surface area contributed by atoms with E-state index in [1.54, 1.807) is 24.2 Å². The van der Waals surface area contributed by atoms with Crippen molar-refractivity contribution in [2.24, 2.45) is 0 Å². The Morgan fingerprint density at radius 2 is 1.92 bits per heavy atom. The Labute approximate surface area is 73.5 Å². The van der Waals surface area contributed by atoms with Gasteiger partial charge in [-0.05, 0) is 6.26 Å². The number of aromatic nitrogens is 4. The minimum absolute atomic E-state index is 0.650. The zero-order valence-corrected chi connectivity index (χ0v) is 7.25. The number of thioether (sulfide) groups is 1. The quantitative estimate of drug-likeness (QED) is 0.484. The zero-order chi connectivity index (χ0) is 8.39. The summed E-state index contributed by atoms with van der Waals surface area (Å²) in [6.07, 6.45) is 6.73. The summed E-state index contributed by atoms with van der Waals surface area (Å²) < 4.78 is 0. The van der Waals surface area contributed by atoms with Gasteiger partial charge in [0.1, 0.15) is 16.9 Å². The second-order valence-corrected chi connectivity index (χ2v) is 2.91. The highest BCUT2D eigenvalue weighted by Gasteiger charge is 2.02. The Hall–Kier alpha value is -1.23. The van der Waals surface area contributed by atoms with Crippen LogP contribution >= 0.6 is 11.8 Å². The zero-order valence-electron chi connectivity index (χ0n) is 6.43. The van der Waals surface area contributed by atoms with Gasteiger partial charge in [-0.3, -0.25) is 0 Å². The molecule has 2 aromatic heterocycles. The highest BCUT2D eigenvalue weighted by atomic mass is 32.2. The molecule has 0 aliphatic carbocycles. The third-order valence-electron chi connectivity index (χ3n) is 1.43. The average molecular weight is 178 g/mol. The molecular weight excluding hydrogens is 172 g/mol. The fourth-order valence-corrected chi connectivity index (χ4v) is 1.41. The Balaban J connectivity index is 2.79. The summed E-state index contributed by atoms with van der Waals surface area (Å²) in [6.45, 7) is 0. The van der Waals surface area contributed by atoms with E-state index in [2.05, 4.69) is 19.9 Å². The molecule has 12 heavy (non-hydrogen) atoms. The largest absolute Gasteiger partial charge is 0.248 e. The maximum Gasteiger partial charge on any atom is 0.182 e. The Bertz CT molecular complexity index is 398. The second kappa shape index (κ2) is 3.02. The predicted molar refractivity (Wildman–Crippen MR) is 46.9 cm³/mol. The van der Waals surface area contributed by atoms with E-state index >= 15 is 0 Å². The molecule has 0 aromatic carbocycles. The lowest BCUT2D eigenvalue weighted by Gasteiger charge is -1.97. The average Bonchev–Trinajstić information content (AvgIpc) is 2.17. The molecule has 0 radical (unpaired) electrons. The van der Waals surface area contributed by atoms with E-state index in [-0.39, 0.29) is 0 Å². The molecule has 0 saturated heterocycles. The molecule has 60 valence electrons. The third kappa shape index (κ3) is 1.12. The molecule has 0 aliphatic heterocycles. The summed E-state index contributed by atoms with van der Waals surface area (Å²) in [6, 6.07) is 0. The molecule has 2 aromatic rings. The SMILES string of the molecule is CSc1ncnc2nccnc12. The molecule has 2 heterocycles. The van der Waals surface area contributed by atoms with Gasteiger partial charge in [0.25, 0.3) is 0 Å². The van der Waals surface area contributed by atoms with Crippen LogP contribution in [0.15, 0.2) is 23.7 Å². The van der Waals surface area contributed by atoms with Gasteiger partial charge in [0.2, 0.25) is 0 Å². The first-order valence-corrected chi connectivity index (χ1v) is 4.60. The number of hydrogen-bond donors (Lipinski definition) is 0. The molecule has 0 atom stereocenters. The molecule has 2 rings (SSSR count). The Morgan fingerprint density at radius 1 is 1.08 bits per heavy atom. The van der Waals surface area contributed by atoms with Crippen molar-refractivity contribution in [2.75, 3.05) is 6.26 Å². The van der Waals surface area contributed by atoms with Crippen LogP contribution in [0.3, 0.4) is 0 Å². The van der Waals surface area contributed by atoms with Gasteiger partial charge in [0, 0.05) is 12.4 Å². The van der Waals surface area contributed by atoms with Crippen molar-refractivity contribution in [1.29, 1.82) is 0 Å². The smallest absolute Gasteiger partial charge is 0.182 e. The maximum absolute atomic E-state index is 4.14. The van der Waals surface area contributed by atoms with Crippen molar-refractivity contribution in [3.63, 3.8) is 0 Å². The number of hydrogen-bond acceptors (Lipinski definition) is 5. The number of rotatable bonds is 1. The summed E-state index contributed by atoms with van der Waals surface area (Å²) in [5.74, 6) is 0. The van der Waals surface area contributed by atoms with Crippen LogP contribution in [0.5, 0.6) is 0 Å². The van der Waals surface area contributed by atoms with Crippen molar-refractivity contribution in [1.82, 2.24) is 19.9 Å². The minimum atomic E-state index is 0.650. The van der Waals surface area contributed by atoms with E-state index in [9.17, 15) is 0 Å². The first-order valence-electron chi connectivity index (χ1n) is 3.37. The Morgan fingerprint density at radius 3 is 2.75 bits per heavy atom. The maximum atomic E-state index is 4.14. The highest BCUT2D eigenvalue weighted by Crippen LogP contribution is 2.17. The molecule has 0 N–H and O–H groups in total. The molecule has 5 heteroatoms. The number of fused-ring (bicyclic) bond motifs is 1. The lowest BCUT2D eigenvalue weighted by molar-refractivity contribution is 1.05. The summed E-state index contributed by atoms with van der Waals surface area (Å²) in [5, 5.41) is 0.869. The molecule has 0 amide bonds. The number of nitrogens with zero attached hydrogens (tertiary/aromatic N) is 4. The van der Waals surface area contributed by atoms with Crippen molar-refractivity contribution in [3.05, 3.63) is 18.7 Å². The molecule has 0 aliphatic rings. The van der Waals surface area contributed by atoms with E-state index in [0.717, 1.165) is 10.5 Å². The minimum Gasteiger partial charge on any atom is -0.248 e. The molecule has 0 fully saturated rings. The molecule has 0 unspecified atom stereocenters. The third-order valence-corrected chi connectivity index (χ3v) is 2.12. The Kier molecular flexibility index (Phi) is 1.87.